The molecule has 1 saturated heterocycles. The van der Waals surface area contributed by atoms with E-state index in [1.165, 1.54) is 24.3 Å². The van der Waals surface area contributed by atoms with Crippen molar-refractivity contribution in [2.45, 2.75) is 6.54 Å². The van der Waals surface area contributed by atoms with Gasteiger partial charge in [-0.25, -0.2) is 4.98 Å². The number of piperazine rings is 1. The Bertz CT molecular complexity index is 786. The van der Waals surface area contributed by atoms with Gasteiger partial charge in [0.25, 0.3) is 11.6 Å². The molecule has 1 aliphatic heterocycles. The number of pyridine rings is 1. The Morgan fingerprint density at radius 1 is 1.19 bits per heavy atom. The van der Waals surface area contributed by atoms with Gasteiger partial charge >= 0.3 is 0 Å². The Labute approximate surface area is 151 Å². The van der Waals surface area contributed by atoms with Crippen molar-refractivity contribution in [3.8, 4) is 0 Å². The lowest BCUT2D eigenvalue weighted by Gasteiger charge is -2.33. The summed E-state index contributed by atoms with van der Waals surface area (Å²) in [6.07, 6.45) is 1.75. The molecule has 0 spiro atoms. The lowest BCUT2D eigenvalue weighted by molar-refractivity contribution is -0.384. The predicted octanol–water partition coefficient (Wildman–Crippen LogP) is 1.67. The first-order valence-electron chi connectivity index (χ1n) is 8.44. The molecule has 1 amide bonds. The first-order chi connectivity index (χ1) is 12.5. The van der Waals surface area contributed by atoms with Gasteiger partial charge in [-0.05, 0) is 36.9 Å². The van der Waals surface area contributed by atoms with Gasteiger partial charge in [-0.15, -0.1) is 0 Å². The monoisotopic (exact) mass is 355 g/mol. The van der Waals surface area contributed by atoms with E-state index in [2.05, 4.69) is 27.1 Å². The largest absolute Gasteiger partial charge is 0.354 e. The fourth-order valence-electron chi connectivity index (χ4n) is 2.80. The summed E-state index contributed by atoms with van der Waals surface area (Å²) >= 11 is 0. The van der Waals surface area contributed by atoms with Crippen molar-refractivity contribution >= 4 is 17.4 Å². The maximum atomic E-state index is 12.2. The number of carbonyl (C=O) groups excluding carboxylic acids is 1. The van der Waals surface area contributed by atoms with Crippen LogP contribution in [0.25, 0.3) is 0 Å². The number of non-ortho nitro benzene ring substituents is 1. The Kier molecular flexibility index (Phi) is 5.43. The molecule has 3 rings (SSSR count). The molecule has 0 radical (unpaired) electrons. The summed E-state index contributed by atoms with van der Waals surface area (Å²) in [5, 5.41) is 13.5. The van der Waals surface area contributed by atoms with Crippen LogP contribution >= 0.6 is 0 Å². The quantitative estimate of drug-likeness (QED) is 0.648. The smallest absolute Gasteiger partial charge is 0.269 e. The summed E-state index contributed by atoms with van der Waals surface area (Å²) in [6.45, 7) is 4.24. The summed E-state index contributed by atoms with van der Waals surface area (Å²) in [7, 11) is 2.11. The van der Waals surface area contributed by atoms with Gasteiger partial charge in [0.05, 0.1) is 4.92 Å². The van der Waals surface area contributed by atoms with Gasteiger partial charge in [-0.2, -0.15) is 0 Å². The van der Waals surface area contributed by atoms with E-state index >= 15 is 0 Å². The van der Waals surface area contributed by atoms with Gasteiger partial charge in [0, 0.05) is 56.6 Å². The number of nitrogens with one attached hydrogen (secondary N) is 1. The summed E-state index contributed by atoms with van der Waals surface area (Å²) in [5.74, 6) is 0.651. The molecule has 1 fully saturated rings. The molecule has 8 heteroatoms. The van der Waals surface area contributed by atoms with Gasteiger partial charge in [-0.3, -0.25) is 14.9 Å². The van der Waals surface area contributed by atoms with E-state index in [0.717, 1.165) is 37.6 Å². The number of nitro groups is 1. The fraction of sp³-hybridized carbons (Fsp3) is 0.333. The number of amides is 1. The third-order valence-corrected chi connectivity index (χ3v) is 4.43. The van der Waals surface area contributed by atoms with Crippen LogP contribution in [0.4, 0.5) is 11.5 Å². The highest BCUT2D eigenvalue weighted by atomic mass is 16.6. The molecule has 1 aliphatic rings. The highest BCUT2D eigenvalue weighted by molar-refractivity contribution is 5.94. The van der Waals surface area contributed by atoms with E-state index in [0.29, 0.717) is 12.1 Å². The molecule has 136 valence electrons. The summed E-state index contributed by atoms with van der Waals surface area (Å²) < 4.78 is 0. The third kappa shape index (κ3) is 4.34. The summed E-state index contributed by atoms with van der Waals surface area (Å²) in [4.78, 5) is 31.3. The molecule has 1 aromatic carbocycles. The molecule has 2 aromatic rings. The number of hydrogen-bond acceptors (Lipinski definition) is 6. The summed E-state index contributed by atoms with van der Waals surface area (Å²) in [5.41, 5.74) is 1.32. The fourth-order valence-corrected chi connectivity index (χ4v) is 2.80. The van der Waals surface area contributed by atoms with Gasteiger partial charge in [-0.1, -0.05) is 0 Å². The first kappa shape index (κ1) is 17.8. The second-order valence-electron chi connectivity index (χ2n) is 6.30. The zero-order valence-corrected chi connectivity index (χ0v) is 14.6. The van der Waals surface area contributed by atoms with Crippen molar-refractivity contribution in [3.05, 3.63) is 63.8 Å². The van der Waals surface area contributed by atoms with E-state index < -0.39 is 4.92 Å². The Morgan fingerprint density at radius 2 is 1.88 bits per heavy atom. The van der Waals surface area contributed by atoms with Crippen LogP contribution < -0.4 is 10.2 Å². The Morgan fingerprint density at radius 3 is 2.54 bits per heavy atom. The zero-order chi connectivity index (χ0) is 18.5. The van der Waals surface area contributed by atoms with E-state index in [1.54, 1.807) is 6.20 Å². The maximum Gasteiger partial charge on any atom is 0.269 e. The normalized spacial score (nSPS) is 14.9. The average molecular weight is 355 g/mol. The number of carbonyl (C=O) groups is 1. The van der Waals surface area contributed by atoms with Crippen LogP contribution in [0, 0.1) is 10.1 Å². The van der Waals surface area contributed by atoms with Crippen LogP contribution in [-0.4, -0.2) is 53.9 Å². The topological polar surface area (TPSA) is 91.6 Å². The molecule has 2 heterocycles. The van der Waals surface area contributed by atoms with Crippen molar-refractivity contribution in [1.82, 2.24) is 15.2 Å². The van der Waals surface area contributed by atoms with Crippen LogP contribution in [0.5, 0.6) is 0 Å². The van der Waals surface area contributed by atoms with E-state index in [4.69, 9.17) is 0 Å². The van der Waals surface area contributed by atoms with Crippen LogP contribution in [0.1, 0.15) is 15.9 Å². The molecule has 0 atom stereocenters. The number of anilines is 1. The van der Waals surface area contributed by atoms with Crippen LogP contribution in [0.15, 0.2) is 42.6 Å². The Balaban J connectivity index is 1.59. The minimum atomic E-state index is -0.488. The minimum Gasteiger partial charge on any atom is -0.354 e. The Hall–Kier alpha value is -3.00. The number of hydrogen-bond donors (Lipinski definition) is 1. The van der Waals surface area contributed by atoms with Crippen molar-refractivity contribution < 1.29 is 9.72 Å². The van der Waals surface area contributed by atoms with Crippen molar-refractivity contribution in [3.63, 3.8) is 0 Å². The molecule has 0 aliphatic carbocycles. The molecule has 26 heavy (non-hydrogen) atoms. The lowest BCUT2D eigenvalue weighted by Crippen LogP contribution is -2.44. The molecule has 8 nitrogen and oxygen atoms in total. The lowest BCUT2D eigenvalue weighted by atomic mass is 10.2. The zero-order valence-electron chi connectivity index (χ0n) is 14.6. The predicted molar refractivity (Wildman–Crippen MR) is 98.2 cm³/mol. The molecule has 1 N–H and O–H groups in total. The van der Waals surface area contributed by atoms with Gasteiger partial charge < -0.3 is 15.1 Å². The van der Waals surface area contributed by atoms with Crippen LogP contribution in [-0.2, 0) is 6.54 Å². The molecule has 1 aromatic heterocycles. The number of benzene rings is 1. The second-order valence-corrected chi connectivity index (χ2v) is 6.30. The molecule has 0 saturated carbocycles. The van der Waals surface area contributed by atoms with Crippen molar-refractivity contribution in [2.75, 3.05) is 38.1 Å². The summed E-state index contributed by atoms with van der Waals surface area (Å²) in [6, 6.07) is 9.42. The van der Waals surface area contributed by atoms with E-state index in [1.807, 2.05) is 12.1 Å². The molecule has 0 unspecified atom stereocenters. The van der Waals surface area contributed by atoms with Crippen LogP contribution in [0.2, 0.25) is 0 Å². The van der Waals surface area contributed by atoms with Crippen molar-refractivity contribution in [2.24, 2.45) is 0 Å². The maximum absolute atomic E-state index is 12.2. The van der Waals surface area contributed by atoms with E-state index in [9.17, 15) is 14.9 Å². The SMILES string of the molecule is CN1CCN(c2cc(CNC(=O)c3ccc([N+](=O)[O-])cc3)ccn2)CC1. The number of nitrogens with zero attached hydrogens (tertiary/aromatic N) is 4. The van der Waals surface area contributed by atoms with Gasteiger partial charge in [0.2, 0.25) is 0 Å². The number of rotatable bonds is 5. The van der Waals surface area contributed by atoms with E-state index in [-0.39, 0.29) is 11.6 Å². The highest BCUT2D eigenvalue weighted by Crippen LogP contribution is 2.15. The molecular formula is C18H21N5O3. The molecular weight excluding hydrogens is 334 g/mol. The first-order valence-corrected chi connectivity index (χ1v) is 8.44. The average Bonchev–Trinajstić information content (AvgIpc) is 2.67. The second kappa shape index (κ2) is 7.92. The number of likely N-dealkylation sites (N-methyl/N-ethyl adjacent to an activating group) is 1. The highest BCUT2D eigenvalue weighted by Gasteiger charge is 2.15. The number of aromatic nitrogens is 1. The third-order valence-electron chi connectivity index (χ3n) is 4.43. The minimum absolute atomic E-state index is 0.0347. The van der Waals surface area contributed by atoms with Crippen LogP contribution in [0.3, 0.4) is 0 Å². The van der Waals surface area contributed by atoms with Gasteiger partial charge in [0.15, 0.2) is 0 Å². The standard InChI is InChI=1S/C18H21N5O3/c1-21-8-10-22(11-9-21)17-12-14(6-7-19-17)13-20-18(24)15-2-4-16(5-3-15)23(25)26/h2-7,12H,8-11,13H2,1H3,(H,20,24). The number of nitro benzene ring substituents is 1. The molecule has 0 bridgehead atoms. The van der Waals surface area contributed by atoms with Crippen molar-refractivity contribution in [1.29, 1.82) is 0 Å². The van der Waals surface area contributed by atoms with Gasteiger partial charge in [0.1, 0.15) is 5.82 Å².